The third-order valence-electron chi connectivity index (χ3n) is 6.80. The predicted molar refractivity (Wildman–Crippen MR) is 150 cm³/mol. The second kappa shape index (κ2) is 10.3. The number of hydrogen-bond donors (Lipinski definition) is 2. The van der Waals surface area contributed by atoms with Crippen LogP contribution in [0.25, 0.3) is 22.0 Å². The number of nitrogens with zero attached hydrogens (tertiary/aromatic N) is 3. The molecular formula is C29H26ClN5O3. The first-order valence-corrected chi connectivity index (χ1v) is 12.9. The van der Waals surface area contributed by atoms with Crippen molar-refractivity contribution >= 4 is 46.0 Å². The summed E-state index contributed by atoms with van der Waals surface area (Å²) in [4.78, 5) is 20.8. The van der Waals surface area contributed by atoms with Crippen LogP contribution < -0.4 is 20.1 Å². The summed E-state index contributed by atoms with van der Waals surface area (Å²) in [7, 11) is 0. The van der Waals surface area contributed by atoms with Gasteiger partial charge in [0.1, 0.15) is 12.4 Å². The monoisotopic (exact) mass is 527 g/mol. The number of ether oxygens (including phenoxy) is 2. The number of rotatable bonds is 5. The van der Waals surface area contributed by atoms with E-state index in [-0.39, 0.29) is 5.91 Å². The molecule has 8 nitrogen and oxygen atoms in total. The summed E-state index contributed by atoms with van der Waals surface area (Å²) in [5, 5.41) is 10.9. The number of carbonyl (C=O) groups excluding carboxylic acids is 1. The van der Waals surface area contributed by atoms with E-state index in [0.717, 1.165) is 39.2 Å². The van der Waals surface area contributed by atoms with Crippen molar-refractivity contribution in [2.45, 2.75) is 0 Å². The van der Waals surface area contributed by atoms with E-state index in [4.69, 9.17) is 31.5 Å². The van der Waals surface area contributed by atoms with Crippen LogP contribution in [-0.4, -0.2) is 56.6 Å². The molecule has 9 heteroatoms. The molecule has 0 atom stereocenters. The Kier molecular flexibility index (Phi) is 6.57. The number of halogens is 1. The minimum Gasteiger partial charge on any atom is -0.489 e. The van der Waals surface area contributed by atoms with Gasteiger partial charge in [-0.15, -0.1) is 0 Å². The Bertz CT molecular complexity index is 1540. The van der Waals surface area contributed by atoms with E-state index < -0.39 is 0 Å². The largest absolute Gasteiger partial charge is 0.489 e. The van der Waals surface area contributed by atoms with Gasteiger partial charge in [0.05, 0.1) is 42.2 Å². The van der Waals surface area contributed by atoms with Gasteiger partial charge in [0, 0.05) is 41.5 Å². The zero-order valence-corrected chi connectivity index (χ0v) is 21.4. The fraction of sp³-hybridized carbons (Fsp3) is 0.207. The maximum absolute atomic E-state index is 13.8. The van der Waals surface area contributed by atoms with Gasteiger partial charge in [-0.25, -0.2) is 0 Å². The van der Waals surface area contributed by atoms with Gasteiger partial charge in [-0.05, 0) is 41.5 Å². The van der Waals surface area contributed by atoms with E-state index in [1.807, 2.05) is 59.6 Å². The fourth-order valence-corrected chi connectivity index (χ4v) is 5.30. The van der Waals surface area contributed by atoms with Gasteiger partial charge in [-0.2, -0.15) is 0 Å². The molecule has 4 aromatic rings. The predicted octanol–water partition coefficient (Wildman–Crippen LogP) is 4.93. The van der Waals surface area contributed by atoms with Crippen LogP contribution in [0.1, 0.15) is 15.9 Å². The number of pyridine rings is 1. The summed E-state index contributed by atoms with van der Waals surface area (Å²) in [5.41, 5.74) is 8.44. The molecule has 2 aliphatic heterocycles. The Labute approximate surface area is 225 Å². The van der Waals surface area contributed by atoms with E-state index >= 15 is 0 Å². The number of fused-ring (bicyclic) bond motifs is 2. The lowest BCUT2D eigenvalue weighted by Crippen LogP contribution is -2.47. The van der Waals surface area contributed by atoms with Crippen LogP contribution >= 0.6 is 11.6 Å². The molecule has 3 aromatic carbocycles. The number of morpholine rings is 1. The number of anilines is 2. The summed E-state index contributed by atoms with van der Waals surface area (Å²) < 4.78 is 11.4. The fourth-order valence-electron chi connectivity index (χ4n) is 5.06. The molecule has 2 aliphatic rings. The number of amides is 1. The van der Waals surface area contributed by atoms with E-state index in [1.54, 1.807) is 12.3 Å². The lowest BCUT2D eigenvalue weighted by molar-refractivity contribution is 0.0943. The van der Waals surface area contributed by atoms with Crippen LogP contribution in [0.15, 0.2) is 66.9 Å². The van der Waals surface area contributed by atoms with Gasteiger partial charge >= 0.3 is 0 Å². The zero-order chi connectivity index (χ0) is 26.1. The molecule has 2 N–H and O–H groups in total. The molecule has 0 spiro atoms. The van der Waals surface area contributed by atoms with Gasteiger partial charge < -0.3 is 19.8 Å². The molecule has 0 radical (unpaired) electrons. The molecule has 0 aliphatic carbocycles. The molecule has 1 aromatic heterocycles. The van der Waals surface area contributed by atoms with Gasteiger partial charge in [0.25, 0.3) is 5.91 Å². The highest BCUT2D eigenvalue weighted by Gasteiger charge is 2.26. The Morgan fingerprint density at radius 2 is 1.87 bits per heavy atom. The topological polar surface area (TPSA) is 90.8 Å². The van der Waals surface area contributed by atoms with Crippen molar-refractivity contribution in [3.8, 4) is 16.9 Å². The molecule has 0 bridgehead atoms. The highest BCUT2D eigenvalue weighted by atomic mass is 35.5. The Balaban J connectivity index is 1.46. The second-order valence-corrected chi connectivity index (χ2v) is 9.58. The average Bonchev–Trinajstić information content (AvgIpc) is 2.96. The van der Waals surface area contributed by atoms with Crippen molar-refractivity contribution in [2.24, 2.45) is 0 Å². The van der Waals surface area contributed by atoms with Crippen molar-refractivity contribution in [3.63, 3.8) is 0 Å². The number of nitrogens with one attached hydrogen (secondary N) is 2. The smallest absolute Gasteiger partial charge is 0.273 e. The summed E-state index contributed by atoms with van der Waals surface area (Å²) in [6.45, 7) is 3.50. The molecule has 0 saturated carbocycles. The van der Waals surface area contributed by atoms with Gasteiger partial charge in [0.2, 0.25) is 0 Å². The van der Waals surface area contributed by atoms with Crippen LogP contribution in [0.5, 0.6) is 5.75 Å². The minimum atomic E-state index is -0.239. The molecule has 3 heterocycles. The molecule has 6 rings (SSSR count). The first-order valence-electron chi connectivity index (χ1n) is 12.5. The maximum Gasteiger partial charge on any atom is 0.273 e. The summed E-state index contributed by atoms with van der Waals surface area (Å²) in [5.74, 6) is 0.497. The Morgan fingerprint density at radius 3 is 2.71 bits per heavy atom. The number of carbonyl (C=O) groups is 1. The summed E-state index contributed by atoms with van der Waals surface area (Å²) in [6.07, 6.45) is 2.93. The summed E-state index contributed by atoms with van der Waals surface area (Å²) in [6, 6.07) is 19.1. The average molecular weight is 528 g/mol. The lowest BCUT2D eigenvalue weighted by Gasteiger charge is -2.33. The summed E-state index contributed by atoms with van der Waals surface area (Å²) >= 11 is 6.37. The first kappa shape index (κ1) is 24.2. The highest BCUT2D eigenvalue weighted by Crippen LogP contribution is 2.37. The van der Waals surface area contributed by atoms with E-state index in [1.165, 1.54) is 6.21 Å². The number of hydrazine groups is 1. The van der Waals surface area contributed by atoms with Crippen LogP contribution in [0.4, 0.5) is 11.4 Å². The van der Waals surface area contributed by atoms with Gasteiger partial charge in [0.15, 0.2) is 0 Å². The first-order chi connectivity index (χ1) is 18.6. The quantitative estimate of drug-likeness (QED) is 0.357. The molecule has 1 amide bonds. The van der Waals surface area contributed by atoms with Crippen molar-refractivity contribution < 1.29 is 14.3 Å². The SMILES string of the molecule is N=Cc1cc(Cl)cc(-c2cccc3c(N4CCOCC4)c(C(=O)NN4CCOc5ccccc54)cnc23)c1. The number of aromatic nitrogens is 1. The molecule has 0 unspecified atom stereocenters. The van der Waals surface area contributed by atoms with Crippen LogP contribution in [-0.2, 0) is 4.74 Å². The number of benzene rings is 3. The molecule has 38 heavy (non-hydrogen) atoms. The van der Waals surface area contributed by atoms with E-state index in [9.17, 15) is 4.79 Å². The Hall–Kier alpha value is -4.14. The van der Waals surface area contributed by atoms with Crippen LogP contribution in [0.3, 0.4) is 0 Å². The number of hydrogen-bond acceptors (Lipinski definition) is 7. The normalized spacial score (nSPS) is 15.1. The zero-order valence-electron chi connectivity index (χ0n) is 20.6. The lowest BCUT2D eigenvalue weighted by atomic mass is 9.98. The third kappa shape index (κ3) is 4.53. The highest BCUT2D eigenvalue weighted by molar-refractivity contribution is 6.31. The van der Waals surface area contributed by atoms with Gasteiger partial charge in [-0.1, -0.05) is 41.9 Å². The molecule has 1 fully saturated rings. The van der Waals surface area contributed by atoms with Crippen molar-refractivity contribution in [3.05, 3.63) is 83.0 Å². The van der Waals surface area contributed by atoms with Crippen molar-refractivity contribution in [1.82, 2.24) is 10.4 Å². The Morgan fingerprint density at radius 1 is 1.03 bits per heavy atom. The second-order valence-electron chi connectivity index (χ2n) is 9.15. The van der Waals surface area contributed by atoms with Crippen molar-refractivity contribution in [2.75, 3.05) is 49.4 Å². The van der Waals surface area contributed by atoms with Gasteiger partial charge in [-0.3, -0.25) is 20.2 Å². The van der Waals surface area contributed by atoms with E-state index in [2.05, 4.69) is 10.3 Å². The minimum absolute atomic E-state index is 0.239. The van der Waals surface area contributed by atoms with Crippen LogP contribution in [0, 0.1) is 5.41 Å². The maximum atomic E-state index is 13.8. The van der Waals surface area contributed by atoms with Crippen LogP contribution in [0.2, 0.25) is 5.02 Å². The molecule has 192 valence electrons. The molecular weight excluding hydrogens is 502 g/mol. The standard InChI is InChI=1S/C29H26ClN5O3/c30-21-15-19(17-31)14-20(16-21)22-4-3-5-23-27(22)32-18-24(28(23)34-8-11-37-12-9-34)29(36)33-35-10-13-38-26-7-2-1-6-25(26)35/h1-7,14-18,31H,8-13H2,(H,33,36). The third-order valence-corrected chi connectivity index (χ3v) is 7.02. The van der Waals surface area contributed by atoms with E-state index in [0.29, 0.717) is 55.6 Å². The molecule has 1 saturated heterocycles. The van der Waals surface area contributed by atoms with Crippen molar-refractivity contribution in [1.29, 1.82) is 5.41 Å². The number of para-hydroxylation sites is 3.